The van der Waals surface area contributed by atoms with Crippen LogP contribution in [0.2, 0.25) is 0 Å². The van der Waals surface area contributed by atoms with Crippen LogP contribution in [0.25, 0.3) is 28.5 Å². The molecule has 0 fully saturated rings. The van der Waals surface area contributed by atoms with Gasteiger partial charge in [-0.1, -0.05) is 65.9 Å². The van der Waals surface area contributed by atoms with Gasteiger partial charge in [-0.15, -0.1) is 5.10 Å². The highest BCUT2D eigenvalue weighted by Crippen LogP contribution is 2.25. The average Bonchev–Trinajstić information content (AvgIpc) is 3.25. The zero-order chi connectivity index (χ0) is 20.2. The molecule has 0 spiro atoms. The molecule has 7 nitrogen and oxygen atoms in total. The summed E-state index contributed by atoms with van der Waals surface area (Å²) in [6, 6.07) is 19.2. The Morgan fingerprint density at radius 3 is 2.28 bits per heavy atom. The molecule has 0 bridgehead atoms. The van der Waals surface area contributed by atoms with Crippen LogP contribution in [-0.4, -0.2) is 37.5 Å². The number of nitrogens with zero attached hydrogens (tertiary/aromatic N) is 5. The number of carbonyl (C=O) groups is 1. The molecule has 0 amide bonds. The van der Waals surface area contributed by atoms with E-state index in [4.69, 9.17) is 4.74 Å². The van der Waals surface area contributed by atoms with E-state index in [0.29, 0.717) is 28.6 Å². The second kappa shape index (κ2) is 8.02. The van der Waals surface area contributed by atoms with Crippen LogP contribution in [0.1, 0.15) is 23.0 Å². The smallest absolute Gasteiger partial charge is 0.342 e. The van der Waals surface area contributed by atoms with Gasteiger partial charge in [0.2, 0.25) is 0 Å². The Hall–Kier alpha value is -3.87. The van der Waals surface area contributed by atoms with E-state index in [2.05, 4.69) is 20.3 Å². The van der Waals surface area contributed by atoms with Gasteiger partial charge in [0.05, 0.1) is 24.2 Å². The van der Waals surface area contributed by atoms with E-state index in [1.165, 1.54) is 4.68 Å². The highest BCUT2D eigenvalue weighted by Gasteiger charge is 2.22. The SMILES string of the molecule is CCOC(=O)c1c(C)nc(-n2cc(-c3ccccc3)nn2)nc1-c1ccccc1. The maximum absolute atomic E-state index is 12.6. The predicted octanol–water partition coefficient (Wildman–Crippen LogP) is 3.88. The second-order valence-corrected chi connectivity index (χ2v) is 6.33. The van der Waals surface area contributed by atoms with Crippen molar-refractivity contribution < 1.29 is 9.53 Å². The molecule has 0 saturated heterocycles. The van der Waals surface area contributed by atoms with Crippen LogP contribution in [0.15, 0.2) is 66.9 Å². The Kier molecular flexibility index (Phi) is 5.11. The van der Waals surface area contributed by atoms with Crippen molar-refractivity contribution in [2.24, 2.45) is 0 Å². The number of aromatic nitrogens is 5. The number of hydrogen-bond donors (Lipinski definition) is 0. The van der Waals surface area contributed by atoms with Crippen LogP contribution in [0.5, 0.6) is 0 Å². The standard InChI is InChI=1S/C22H19N5O2/c1-3-29-21(28)19-15(2)23-22(24-20(19)17-12-8-5-9-13-17)27-14-18(25-26-27)16-10-6-4-7-11-16/h4-14H,3H2,1-2H3. The Bertz CT molecular complexity index is 1140. The number of carbonyl (C=O) groups excluding carboxylic acids is 1. The molecule has 144 valence electrons. The van der Waals surface area contributed by atoms with Gasteiger partial charge in [-0.25, -0.2) is 14.8 Å². The Labute approximate surface area is 168 Å². The largest absolute Gasteiger partial charge is 0.462 e. The van der Waals surface area contributed by atoms with Gasteiger partial charge in [-0.3, -0.25) is 0 Å². The van der Waals surface area contributed by atoms with Gasteiger partial charge in [-0.05, 0) is 13.8 Å². The van der Waals surface area contributed by atoms with Gasteiger partial charge in [0.15, 0.2) is 0 Å². The molecule has 0 aliphatic carbocycles. The third-order valence-electron chi connectivity index (χ3n) is 4.37. The number of benzene rings is 2. The molecule has 0 radical (unpaired) electrons. The lowest BCUT2D eigenvalue weighted by Crippen LogP contribution is -2.14. The first-order valence-corrected chi connectivity index (χ1v) is 9.26. The zero-order valence-corrected chi connectivity index (χ0v) is 16.1. The first kappa shape index (κ1) is 18.5. The van der Waals surface area contributed by atoms with Crippen LogP contribution in [0, 0.1) is 6.92 Å². The molecule has 4 rings (SSSR count). The van der Waals surface area contributed by atoms with Crippen molar-refractivity contribution >= 4 is 5.97 Å². The molecule has 4 aromatic rings. The monoisotopic (exact) mass is 385 g/mol. The fraction of sp³-hybridized carbons (Fsp3) is 0.136. The zero-order valence-electron chi connectivity index (χ0n) is 16.1. The maximum atomic E-state index is 12.6. The Balaban J connectivity index is 1.83. The van der Waals surface area contributed by atoms with Crippen molar-refractivity contribution in [1.29, 1.82) is 0 Å². The van der Waals surface area contributed by atoms with Gasteiger partial charge in [0.1, 0.15) is 11.3 Å². The van der Waals surface area contributed by atoms with Crippen molar-refractivity contribution in [2.75, 3.05) is 6.61 Å². The first-order chi connectivity index (χ1) is 14.2. The number of ether oxygens (including phenoxy) is 1. The Morgan fingerprint density at radius 1 is 0.966 bits per heavy atom. The van der Waals surface area contributed by atoms with E-state index >= 15 is 0 Å². The molecule has 0 saturated carbocycles. The second-order valence-electron chi connectivity index (χ2n) is 6.33. The van der Waals surface area contributed by atoms with Crippen molar-refractivity contribution in [3.63, 3.8) is 0 Å². The van der Waals surface area contributed by atoms with E-state index in [1.54, 1.807) is 20.0 Å². The lowest BCUT2D eigenvalue weighted by molar-refractivity contribution is 0.0525. The minimum atomic E-state index is -0.445. The molecule has 2 heterocycles. The van der Waals surface area contributed by atoms with Gasteiger partial charge in [0.25, 0.3) is 5.95 Å². The third-order valence-corrected chi connectivity index (χ3v) is 4.37. The van der Waals surface area contributed by atoms with Gasteiger partial charge in [0, 0.05) is 11.1 Å². The lowest BCUT2D eigenvalue weighted by Gasteiger charge is -2.12. The van der Waals surface area contributed by atoms with Gasteiger partial charge < -0.3 is 4.74 Å². The maximum Gasteiger partial charge on any atom is 0.342 e. The average molecular weight is 385 g/mol. The van der Waals surface area contributed by atoms with Gasteiger partial charge >= 0.3 is 5.97 Å². The van der Waals surface area contributed by atoms with Crippen molar-refractivity contribution in [2.45, 2.75) is 13.8 Å². The number of rotatable bonds is 5. The summed E-state index contributed by atoms with van der Waals surface area (Å²) in [5.41, 5.74) is 3.83. The van der Waals surface area contributed by atoms with Crippen molar-refractivity contribution in [3.8, 4) is 28.5 Å². The van der Waals surface area contributed by atoms with E-state index in [-0.39, 0.29) is 6.61 Å². The summed E-state index contributed by atoms with van der Waals surface area (Å²) in [5, 5.41) is 8.40. The third kappa shape index (κ3) is 3.75. The topological polar surface area (TPSA) is 82.8 Å². The summed E-state index contributed by atoms with van der Waals surface area (Å²) in [7, 11) is 0. The van der Waals surface area contributed by atoms with E-state index in [0.717, 1.165) is 11.1 Å². The van der Waals surface area contributed by atoms with Crippen molar-refractivity contribution in [3.05, 3.63) is 78.1 Å². The summed E-state index contributed by atoms with van der Waals surface area (Å²) >= 11 is 0. The number of hydrogen-bond acceptors (Lipinski definition) is 6. The summed E-state index contributed by atoms with van der Waals surface area (Å²) in [4.78, 5) is 21.7. The summed E-state index contributed by atoms with van der Waals surface area (Å²) in [5.74, 6) is -0.108. The number of aryl methyl sites for hydroxylation is 1. The molecule has 0 aliphatic heterocycles. The molecule has 0 atom stereocenters. The minimum absolute atomic E-state index is 0.276. The quantitative estimate of drug-likeness (QED) is 0.485. The molecular weight excluding hydrogens is 366 g/mol. The summed E-state index contributed by atoms with van der Waals surface area (Å²) in [6.07, 6.45) is 1.77. The van der Waals surface area contributed by atoms with Crippen LogP contribution < -0.4 is 0 Å². The fourth-order valence-corrected chi connectivity index (χ4v) is 3.02. The highest BCUT2D eigenvalue weighted by molar-refractivity contribution is 5.97. The molecule has 2 aromatic carbocycles. The van der Waals surface area contributed by atoms with Crippen LogP contribution in [0.3, 0.4) is 0 Å². The van der Waals surface area contributed by atoms with Crippen LogP contribution >= 0.6 is 0 Å². The Morgan fingerprint density at radius 2 is 1.62 bits per heavy atom. The molecule has 2 aromatic heterocycles. The van der Waals surface area contributed by atoms with Gasteiger partial charge in [-0.2, -0.15) is 4.68 Å². The van der Waals surface area contributed by atoms with Crippen LogP contribution in [-0.2, 0) is 4.74 Å². The minimum Gasteiger partial charge on any atom is -0.462 e. The molecule has 0 unspecified atom stereocenters. The fourth-order valence-electron chi connectivity index (χ4n) is 3.02. The summed E-state index contributed by atoms with van der Waals surface area (Å²) < 4.78 is 6.74. The van der Waals surface area contributed by atoms with Crippen LogP contribution in [0.4, 0.5) is 0 Å². The number of esters is 1. The predicted molar refractivity (Wildman–Crippen MR) is 109 cm³/mol. The summed E-state index contributed by atoms with van der Waals surface area (Å²) in [6.45, 7) is 3.81. The van der Waals surface area contributed by atoms with E-state index < -0.39 is 5.97 Å². The van der Waals surface area contributed by atoms with E-state index in [9.17, 15) is 4.79 Å². The normalized spacial score (nSPS) is 10.7. The lowest BCUT2D eigenvalue weighted by atomic mass is 10.0. The molecule has 29 heavy (non-hydrogen) atoms. The molecule has 0 N–H and O–H groups in total. The molecule has 7 heteroatoms. The van der Waals surface area contributed by atoms with Crippen molar-refractivity contribution in [1.82, 2.24) is 25.0 Å². The first-order valence-electron chi connectivity index (χ1n) is 9.26. The molecular formula is C22H19N5O2. The van der Waals surface area contributed by atoms with E-state index in [1.807, 2.05) is 60.7 Å². The molecule has 0 aliphatic rings. The highest BCUT2D eigenvalue weighted by atomic mass is 16.5.